The minimum absolute atomic E-state index is 0. The first-order valence-corrected chi connectivity index (χ1v) is 8.78. The number of imidazole rings is 1. The number of hydrogen-bond donors (Lipinski definition) is 2. The van der Waals surface area contributed by atoms with Gasteiger partial charge in [-0.15, -0.1) is 30.6 Å². The molecule has 1 aromatic carbocycles. The molecule has 0 fully saturated rings. The van der Waals surface area contributed by atoms with Crippen molar-refractivity contribution in [2.24, 2.45) is 4.99 Å². The van der Waals surface area contributed by atoms with Gasteiger partial charge in [0.1, 0.15) is 5.82 Å². The van der Waals surface area contributed by atoms with Crippen molar-refractivity contribution in [1.29, 1.82) is 0 Å². The van der Waals surface area contributed by atoms with Gasteiger partial charge in [-0.25, -0.2) is 4.98 Å². The Kier molecular flexibility index (Phi) is 10.2. The molecule has 0 atom stereocenters. The second kappa shape index (κ2) is 11.9. The van der Waals surface area contributed by atoms with Crippen LogP contribution in [0.3, 0.4) is 0 Å². The summed E-state index contributed by atoms with van der Waals surface area (Å²) in [6.45, 7) is 8.54. The Balaban J connectivity index is 0.00000312. The first kappa shape index (κ1) is 21.5. The van der Waals surface area contributed by atoms with E-state index >= 15 is 0 Å². The molecule has 0 amide bonds. The van der Waals surface area contributed by atoms with Crippen molar-refractivity contribution in [2.45, 2.75) is 32.6 Å². The van der Waals surface area contributed by atoms with Crippen LogP contribution in [0.4, 0.5) is 0 Å². The molecule has 2 rings (SSSR count). The molecule has 5 nitrogen and oxygen atoms in total. The quantitative estimate of drug-likeness (QED) is 0.198. The average Bonchev–Trinajstić information content (AvgIpc) is 3.00. The van der Waals surface area contributed by atoms with Crippen molar-refractivity contribution in [1.82, 2.24) is 20.2 Å². The van der Waals surface area contributed by atoms with Crippen LogP contribution < -0.4 is 5.32 Å². The Bertz CT molecular complexity index is 632. The Morgan fingerprint density at radius 3 is 2.88 bits per heavy atom. The van der Waals surface area contributed by atoms with Crippen molar-refractivity contribution >= 4 is 41.0 Å². The monoisotopic (exact) mass is 455 g/mol. The first-order chi connectivity index (χ1) is 11.7. The molecule has 0 bridgehead atoms. The highest BCUT2D eigenvalue weighted by Gasteiger charge is 2.05. The third-order valence-corrected chi connectivity index (χ3v) is 3.87. The summed E-state index contributed by atoms with van der Waals surface area (Å²) < 4.78 is 0. The molecule has 25 heavy (non-hydrogen) atoms. The number of nitrogens with zero attached hydrogens (tertiary/aromatic N) is 3. The van der Waals surface area contributed by atoms with Gasteiger partial charge in [-0.2, -0.15) is 0 Å². The number of nitrogens with one attached hydrogen (secondary N) is 2. The molecule has 0 saturated heterocycles. The fraction of sp³-hybridized carbons (Fsp3) is 0.474. The summed E-state index contributed by atoms with van der Waals surface area (Å²) in [7, 11) is 2.09. The fourth-order valence-electron chi connectivity index (χ4n) is 2.60. The van der Waals surface area contributed by atoms with Crippen LogP contribution >= 0.6 is 24.0 Å². The van der Waals surface area contributed by atoms with Crippen LogP contribution in [0.5, 0.6) is 0 Å². The van der Waals surface area contributed by atoms with Crippen molar-refractivity contribution < 1.29 is 0 Å². The molecule has 0 aliphatic heterocycles. The molecule has 0 spiro atoms. The standard InChI is InChI=1S/C19H29N5.HI/c1-4-6-9-15-24(3)19(20-5-2)21-14-10-13-18-22-16-11-7-8-12-17(16)23-18;/h4,7-8,11-12H,1,5-6,9-10,13-15H2,2-3H3,(H,20,21)(H,22,23);1H. The SMILES string of the molecule is C=CCCCN(C)C(=NCCCc1nc2ccccc2[nH]1)NCC.I. The highest BCUT2D eigenvalue weighted by atomic mass is 127. The summed E-state index contributed by atoms with van der Waals surface area (Å²) in [5.41, 5.74) is 2.14. The van der Waals surface area contributed by atoms with E-state index in [1.54, 1.807) is 0 Å². The first-order valence-electron chi connectivity index (χ1n) is 8.78. The molecule has 138 valence electrons. The average molecular weight is 455 g/mol. The number of allylic oxidation sites excluding steroid dienone is 1. The molecule has 0 aliphatic carbocycles. The number of fused-ring (bicyclic) bond motifs is 1. The number of rotatable bonds is 9. The third kappa shape index (κ3) is 7.05. The van der Waals surface area contributed by atoms with Gasteiger partial charge in [0, 0.05) is 33.1 Å². The van der Waals surface area contributed by atoms with Crippen LogP contribution in [0.25, 0.3) is 11.0 Å². The molecule has 1 heterocycles. The lowest BCUT2D eigenvalue weighted by Gasteiger charge is -2.21. The van der Waals surface area contributed by atoms with Gasteiger partial charge < -0.3 is 15.2 Å². The summed E-state index contributed by atoms with van der Waals surface area (Å²) >= 11 is 0. The molecular weight excluding hydrogens is 425 g/mol. The zero-order valence-electron chi connectivity index (χ0n) is 15.3. The van der Waals surface area contributed by atoms with Gasteiger partial charge in [-0.1, -0.05) is 18.2 Å². The van der Waals surface area contributed by atoms with E-state index in [-0.39, 0.29) is 24.0 Å². The summed E-state index contributed by atoms with van der Waals surface area (Å²) in [4.78, 5) is 14.9. The molecule has 0 radical (unpaired) electrons. The van der Waals surface area contributed by atoms with Crippen molar-refractivity contribution in [3.63, 3.8) is 0 Å². The van der Waals surface area contributed by atoms with Gasteiger partial charge in [0.15, 0.2) is 5.96 Å². The maximum absolute atomic E-state index is 4.73. The summed E-state index contributed by atoms with van der Waals surface area (Å²) in [6.07, 6.45) is 6.00. The zero-order valence-corrected chi connectivity index (χ0v) is 17.6. The van der Waals surface area contributed by atoms with E-state index in [0.717, 1.165) is 68.1 Å². The van der Waals surface area contributed by atoms with E-state index in [2.05, 4.69) is 46.8 Å². The van der Waals surface area contributed by atoms with Crippen LogP contribution in [-0.4, -0.2) is 47.5 Å². The van der Waals surface area contributed by atoms with E-state index in [1.165, 1.54) is 0 Å². The number of benzene rings is 1. The van der Waals surface area contributed by atoms with Crippen molar-refractivity contribution in [3.05, 3.63) is 42.7 Å². The molecule has 1 aromatic heterocycles. The summed E-state index contributed by atoms with van der Waals surface area (Å²) in [5.74, 6) is 2.02. The number of unbranched alkanes of at least 4 members (excludes halogenated alkanes) is 1. The van der Waals surface area contributed by atoms with E-state index in [0.29, 0.717) is 0 Å². The molecular formula is C19H30IN5. The molecule has 2 aromatic rings. The smallest absolute Gasteiger partial charge is 0.193 e. The Labute approximate surface area is 168 Å². The number of aromatic nitrogens is 2. The zero-order chi connectivity index (χ0) is 17.2. The lowest BCUT2D eigenvalue weighted by molar-refractivity contribution is 0.469. The van der Waals surface area contributed by atoms with E-state index in [1.807, 2.05) is 24.3 Å². The number of hydrogen-bond acceptors (Lipinski definition) is 2. The van der Waals surface area contributed by atoms with Gasteiger partial charge >= 0.3 is 0 Å². The lowest BCUT2D eigenvalue weighted by Crippen LogP contribution is -2.39. The van der Waals surface area contributed by atoms with Crippen LogP contribution in [0.2, 0.25) is 0 Å². The molecule has 6 heteroatoms. The third-order valence-electron chi connectivity index (χ3n) is 3.87. The number of para-hydroxylation sites is 2. The second-order valence-corrected chi connectivity index (χ2v) is 5.89. The number of H-pyrrole nitrogens is 1. The largest absolute Gasteiger partial charge is 0.357 e. The van der Waals surface area contributed by atoms with Gasteiger partial charge in [-0.3, -0.25) is 4.99 Å². The highest BCUT2D eigenvalue weighted by Crippen LogP contribution is 2.11. The Hall–Kier alpha value is -1.57. The Morgan fingerprint density at radius 1 is 1.36 bits per heavy atom. The maximum atomic E-state index is 4.73. The number of aryl methyl sites for hydroxylation is 1. The molecule has 0 aliphatic rings. The van der Waals surface area contributed by atoms with Gasteiger partial charge in [0.25, 0.3) is 0 Å². The lowest BCUT2D eigenvalue weighted by atomic mass is 10.3. The van der Waals surface area contributed by atoms with E-state index < -0.39 is 0 Å². The van der Waals surface area contributed by atoms with Crippen LogP contribution in [-0.2, 0) is 6.42 Å². The highest BCUT2D eigenvalue weighted by molar-refractivity contribution is 14.0. The normalized spacial score (nSPS) is 11.2. The Morgan fingerprint density at radius 2 is 2.16 bits per heavy atom. The van der Waals surface area contributed by atoms with Crippen LogP contribution in [0.15, 0.2) is 41.9 Å². The number of halogens is 1. The summed E-state index contributed by atoms with van der Waals surface area (Å²) in [6, 6.07) is 8.14. The van der Waals surface area contributed by atoms with E-state index in [4.69, 9.17) is 4.99 Å². The van der Waals surface area contributed by atoms with Crippen LogP contribution in [0, 0.1) is 0 Å². The minimum Gasteiger partial charge on any atom is -0.357 e. The maximum Gasteiger partial charge on any atom is 0.193 e. The van der Waals surface area contributed by atoms with Crippen LogP contribution in [0.1, 0.15) is 32.0 Å². The van der Waals surface area contributed by atoms with Crippen molar-refractivity contribution in [2.75, 3.05) is 26.7 Å². The topological polar surface area (TPSA) is 56.3 Å². The molecule has 0 saturated carbocycles. The predicted octanol–water partition coefficient (Wildman–Crippen LogP) is 3.98. The van der Waals surface area contributed by atoms with E-state index in [9.17, 15) is 0 Å². The second-order valence-electron chi connectivity index (χ2n) is 5.89. The van der Waals surface area contributed by atoms with Gasteiger partial charge in [0.05, 0.1) is 11.0 Å². The molecule has 0 unspecified atom stereocenters. The number of guanidine groups is 1. The minimum atomic E-state index is 0. The fourth-order valence-corrected chi connectivity index (χ4v) is 2.60. The number of aromatic amines is 1. The summed E-state index contributed by atoms with van der Waals surface area (Å²) in [5, 5.41) is 3.36. The predicted molar refractivity (Wildman–Crippen MR) is 118 cm³/mol. The number of aliphatic imine (C=N–C) groups is 1. The van der Waals surface area contributed by atoms with Gasteiger partial charge in [-0.05, 0) is 38.3 Å². The van der Waals surface area contributed by atoms with Crippen molar-refractivity contribution in [3.8, 4) is 0 Å². The molecule has 2 N–H and O–H groups in total. The van der Waals surface area contributed by atoms with Gasteiger partial charge in [0.2, 0.25) is 0 Å².